The number of carbonyl (C=O) groups excluding carboxylic acids is 2. The molecule has 1 spiro atoms. The average Bonchev–Trinajstić information content (AvgIpc) is 3.19. The number of hydrogen-bond donors (Lipinski definition) is 1. The molecule has 164 valence electrons. The molecule has 6 nitrogen and oxygen atoms in total. The summed E-state index contributed by atoms with van der Waals surface area (Å²) in [6, 6.07) is 5.59. The van der Waals surface area contributed by atoms with E-state index < -0.39 is 11.3 Å². The van der Waals surface area contributed by atoms with E-state index in [2.05, 4.69) is 31.0 Å². The number of likely N-dealkylation sites (tertiary alicyclic amines) is 1. The van der Waals surface area contributed by atoms with Gasteiger partial charge in [-0.2, -0.15) is 0 Å². The van der Waals surface area contributed by atoms with Crippen molar-refractivity contribution in [2.24, 2.45) is 23.7 Å². The minimum atomic E-state index is -0.927. The first kappa shape index (κ1) is 21.2. The van der Waals surface area contributed by atoms with Crippen molar-refractivity contribution in [1.82, 2.24) is 4.90 Å². The second-order valence-corrected chi connectivity index (χ2v) is 9.89. The third-order valence-corrected chi connectivity index (χ3v) is 7.48. The lowest BCUT2D eigenvalue weighted by atomic mass is 9.72. The number of rotatable bonds is 4. The summed E-state index contributed by atoms with van der Waals surface area (Å²) in [5.74, 6) is 1.20. The molecule has 1 aromatic rings. The summed E-state index contributed by atoms with van der Waals surface area (Å²) in [5, 5.41) is 3.00. The van der Waals surface area contributed by atoms with E-state index in [1.54, 1.807) is 7.11 Å². The zero-order valence-electron chi connectivity index (χ0n) is 18.7. The Hall–Kier alpha value is -2.08. The number of methoxy groups -OCH3 is 1. The van der Waals surface area contributed by atoms with Crippen molar-refractivity contribution in [1.29, 1.82) is 0 Å². The summed E-state index contributed by atoms with van der Waals surface area (Å²) in [6.45, 7) is 7.65. The maximum absolute atomic E-state index is 13.5. The van der Waals surface area contributed by atoms with Crippen molar-refractivity contribution in [2.45, 2.75) is 51.6 Å². The molecule has 2 fully saturated rings. The molecule has 0 unspecified atom stereocenters. The Morgan fingerprint density at radius 3 is 2.77 bits per heavy atom. The number of likely N-dealkylation sites (N-methyl/N-ethyl adjacent to an activating group) is 1. The SMILES string of the molecule is COc1ccc2c(c1)[C@]1(CN(C)C[C@H]1C(=O)O[C@@H]1C[C@H](C)CC[C@H]1C(C)C)C(=O)N2. The molecule has 1 saturated carbocycles. The van der Waals surface area contributed by atoms with E-state index >= 15 is 0 Å². The highest BCUT2D eigenvalue weighted by Gasteiger charge is 2.60. The minimum absolute atomic E-state index is 0.0709. The molecular formula is C24H34N2O4. The van der Waals surface area contributed by atoms with Crippen LogP contribution in [-0.4, -0.2) is 50.1 Å². The maximum Gasteiger partial charge on any atom is 0.312 e. The Morgan fingerprint density at radius 1 is 1.30 bits per heavy atom. The van der Waals surface area contributed by atoms with E-state index in [0.717, 1.165) is 24.1 Å². The van der Waals surface area contributed by atoms with Crippen LogP contribution in [0, 0.1) is 23.7 Å². The van der Waals surface area contributed by atoms with E-state index in [9.17, 15) is 9.59 Å². The fourth-order valence-electron chi connectivity index (χ4n) is 5.81. The van der Waals surface area contributed by atoms with Gasteiger partial charge in [-0.3, -0.25) is 9.59 Å². The summed E-state index contributed by atoms with van der Waals surface area (Å²) < 4.78 is 11.6. The topological polar surface area (TPSA) is 67.9 Å². The van der Waals surface area contributed by atoms with Crippen LogP contribution in [0.25, 0.3) is 0 Å². The quantitative estimate of drug-likeness (QED) is 0.765. The van der Waals surface area contributed by atoms with Gasteiger partial charge in [-0.05, 0) is 61.4 Å². The van der Waals surface area contributed by atoms with Crippen molar-refractivity contribution in [3.8, 4) is 5.75 Å². The Bertz CT molecular complexity index is 838. The molecule has 5 atom stereocenters. The number of amides is 1. The van der Waals surface area contributed by atoms with Crippen LogP contribution in [0.5, 0.6) is 5.75 Å². The summed E-state index contributed by atoms with van der Waals surface area (Å²) in [5.41, 5.74) is 0.680. The van der Waals surface area contributed by atoms with Gasteiger partial charge in [0.05, 0.1) is 13.0 Å². The second-order valence-electron chi connectivity index (χ2n) is 9.89. The highest BCUT2D eigenvalue weighted by atomic mass is 16.5. The lowest BCUT2D eigenvalue weighted by Gasteiger charge is -2.38. The molecule has 0 aromatic heterocycles. The van der Waals surface area contributed by atoms with Gasteiger partial charge in [-0.15, -0.1) is 0 Å². The normalized spacial score (nSPS) is 33.6. The van der Waals surface area contributed by atoms with Crippen molar-refractivity contribution in [3.05, 3.63) is 23.8 Å². The molecule has 2 aliphatic heterocycles. The molecule has 4 rings (SSSR count). The van der Waals surface area contributed by atoms with Crippen molar-refractivity contribution in [2.75, 3.05) is 32.6 Å². The number of nitrogens with zero attached hydrogens (tertiary/aromatic N) is 1. The molecule has 6 heteroatoms. The molecule has 2 heterocycles. The Balaban J connectivity index is 1.65. The molecule has 0 radical (unpaired) electrons. The maximum atomic E-state index is 13.5. The zero-order valence-corrected chi connectivity index (χ0v) is 18.7. The number of hydrogen-bond acceptors (Lipinski definition) is 5. The highest BCUT2D eigenvalue weighted by Crippen LogP contribution is 2.49. The van der Waals surface area contributed by atoms with Crippen LogP contribution < -0.4 is 10.1 Å². The molecular weight excluding hydrogens is 380 g/mol. The van der Waals surface area contributed by atoms with Crippen LogP contribution in [0.3, 0.4) is 0 Å². The van der Waals surface area contributed by atoms with Crippen molar-refractivity contribution < 1.29 is 19.1 Å². The first-order valence-corrected chi connectivity index (χ1v) is 11.1. The molecule has 30 heavy (non-hydrogen) atoms. The van der Waals surface area contributed by atoms with E-state index in [1.807, 2.05) is 25.2 Å². The Kier molecular flexibility index (Phi) is 5.56. The predicted molar refractivity (Wildman–Crippen MR) is 116 cm³/mol. The molecule has 1 aliphatic carbocycles. The molecule has 3 aliphatic rings. The molecule has 0 bridgehead atoms. The number of anilines is 1. The lowest BCUT2D eigenvalue weighted by Crippen LogP contribution is -2.47. The number of ether oxygens (including phenoxy) is 2. The molecule has 1 N–H and O–H groups in total. The van der Waals surface area contributed by atoms with Gasteiger partial charge >= 0.3 is 5.97 Å². The smallest absolute Gasteiger partial charge is 0.312 e. The monoisotopic (exact) mass is 414 g/mol. The van der Waals surface area contributed by atoms with Crippen LogP contribution in [0.15, 0.2) is 18.2 Å². The second kappa shape index (κ2) is 7.88. The third kappa shape index (κ3) is 3.39. The van der Waals surface area contributed by atoms with Crippen molar-refractivity contribution in [3.63, 3.8) is 0 Å². The van der Waals surface area contributed by atoms with Crippen LogP contribution in [-0.2, 0) is 19.7 Å². The van der Waals surface area contributed by atoms with Gasteiger partial charge in [-0.1, -0.05) is 27.2 Å². The lowest BCUT2D eigenvalue weighted by molar-refractivity contribution is -0.163. The number of fused-ring (bicyclic) bond motifs is 2. The van der Waals surface area contributed by atoms with Crippen LogP contribution in [0.1, 0.15) is 45.6 Å². The van der Waals surface area contributed by atoms with Crippen LogP contribution in [0.4, 0.5) is 5.69 Å². The van der Waals surface area contributed by atoms with E-state index in [4.69, 9.17) is 9.47 Å². The highest BCUT2D eigenvalue weighted by molar-refractivity contribution is 6.09. The number of benzene rings is 1. The van der Waals surface area contributed by atoms with Crippen LogP contribution >= 0.6 is 0 Å². The van der Waals surface area contributed by atoms with E-state index in [1.165, 1.54) is 6.42 Å². The predicted octanol–water partition coefficient (Wildman–Crippen LogP) is 3.45. The van der Waals surface area contributed by atoms with Gasteiger partial charge in [0.2, 0.25) is 5.91 Å². The van der Waals surface area contributed by atoms with Gasteiger partial charge in [0.1, 0.15) is 17.3 Å². The summed E-state index contributed by atoms with van der Waals surface area (Å²) >= 11 is 0. The minimum Gasteiger partial charge on any atom is -0.497 e. The molecule has 1 aromatic carbocycles. The Labute approximate surface area is 179 Å². The van der Waals surface area contributed by atoms with Crippen molar-refractivity contribution >= 4 is 17.6 Å². The van der Waals surface area contributed by atoms with Gasteiger partial charge < -0.3 is 19.7 Å². The Morgan fingerprint density at radius 2 is 2.07 bits per heavy atom. The third-order valence-electron chi connectivity index (χ3n) is 7.48. The van der Waals surface area contributed by atoms with Gasteiger partial charge in [-0.25, -0.2) is 0 Å². The van der Waals surface area contributed by atoms with Gasteiger partial charge in [0.15, 0.2) is 0 Å². The number of esters is 1. The number of carbonyl (C=O) groups is 2. The first-order chi connectivity index (χ1) is 14.3. The largest absolute Gasteiger partial charge is 0.497 e. The standard InChI is InChI=1S/C24H34N2O4/c1-14(2)17-8-6-15(3)10-21(17)30-22(27)19-12-26(4)13-24(19)18-11-16(29-5)7-9-20(18)25-23(24)28/h7,9,11,14-15,17,19,21H,6,8,10,12-13H2,1-5H3,(H,25,28)/t15-,17+,19+,21-,24+/m1/s1. The van der Waals surface area contributed by atoms with Crippen LogP contribution in [0.2, 0.25) is 0 Å². The van der Waals surface area contributed by atoms with E-state index in [0.29, 0.717) is 36.6 Å². The number of nitrogens with one attached hydrogen (secondary N) is 1. The molecule has 1 amide bonds. The van der Waals surface area contributed by atoms with Gasteiger partial charge in [0.25, 0.3) is 0 Å². The van der Waals surface area contributed by atoms with E-state index in [-0.39, 0.29) is 18.0 Å². The fourth-order valence-corrected chi connectivity index (χ4v) is 5.81. The summed E-state index contributed by atoms with van der Waals surface area (Å²) in [4.78, 5) is 28.8. The molecule has 1 saturated heterocycles. The van der Waals surface area contributed by atoms with Gasteiger partial charge in [0, 0.05) is 18.8 Å². The summed E-state index contributed by atoms with van der Waals surface area (Å²) in [6.07, 6.45) is 3.11. The first-order valence-electron chi connectivity index (χ1n) is 11.1. The zero-order chi connectivity index (χ0) is 21.6. The summed E-state index contributed by atoms with van der Waals surface area (Å²) in [7, 11) is 3.57. The average molecular weight is 415 g/mol. The fraction of sp³-hybridized carbons (Fsp3) is 0.667.